The lowest BCUT2D eigenvalue weighted by molar-refractivity contribution is -0.383. The molecule has 100 valence electrons. The van der Waals surface area contributed by atoms with E-state index in [1.165, 1.54) is 29.1 Å². The van der Waals surface area contributed by atoms with Gasteiger partial charge in [0.15, 0.2) is 5.69 Å². The maximum Gasteiger partial charge on any atom is 0.279 e. The highest BCUT2D eigenvalue weighted by Gasteiger charge is 2.24. The number of nitro benzene ring substituents is 1. The number of nitro groups is 1. The van der Waals surface area contributed by atoms with E-state index in [1.807, 2.05) is 0 Å². The Kier molecular flexibility index (Phi) is 2.40. The highest BCUT2D eigenvalue weighted by Crippen LogP contribution is 2.44. The van der Waals surface area contributed by atoms with Gasteiger partial charge in [0, 0.05) is 18.5 Å². The number of non-ortho nitro benzene ring substituents is 1. The summed E-state index contributed by atoms with van der Waals surface area (Å²) in [6, 6.07) is 4.20. The third-order valence-electron chi connectivity index (χ3n) is 3.21. The van der Waals surface area contributed by atoms with E-state index in [4.69, 9.17) is 0 Å². The summed E-state index contributed by atoms with van der Waals surface area (Å²) < 4.78 is 1.53. The molecule has 0 unspecified atom stereocenters. The van der Waals surface area contributed by atoms with Crippen molar-refractivity contribution in [1.29, 1.82) is 0 Å². The summed E-state index contributed by atoms with van der Waals surface area (Å²) in [5.74, 6) is -0.161. The van der Waals surface area contributed by atoms with Gasteiger partial charge >= 0.3 is 0 Å². The molecule has 0 saturated heterocycles. The molecule has 0 aliphatic heterocycles. The normalized spacial score (nSPS) is 11.1. The summed E-state index contributed by atoms with van der Waals surface area (Å²) in [6.07, 6.45) is 1.41. The number of aromatic hydroxyl groups is 1. The molecule has 2 aromatic carbocycles. The van der Waals surface area contributed by atoms with Gasteiger partial charge in [-0.15, -0.1) is 4.91 Å². The molecule has 0 aliphatic carbocycles. The van der Waals surface area contributed by atoms with E-state index in [0.29, 0.717) is 5.52 Å². The number of phenols is 1. The van der Waals surface area contributed by atoms with Crippen LogP contribution in [0.1, 0.15) is 0 Å². The van der Waals surface area contributed by atoms with Gasteiger partial charge in [0.25, 0.3) is 5.69 Å². The van der Waals surface area contributed by atoms with Crippen molar-refractivity contribution in [2.75, 3.05) is 0 Å². The van der Waals surface area contributed by atoms with Crippen molar-refractivity contribution in [1.82, 2.24) is 9.55 Å². The second kappa shape index (κ2) is 3.98. The van der Waals surface area contributed by atoms with Gasteiger partial charge in [-0.1, -0.05) is 6.07 Å². The molecule has 3 rings (SSSR count). The number of aromatic nitrogens is 2. The Balaban J connectivity index is 2.69. The predicted octanol–water partition coefficient (Wildman–Crippen LogP) is 2.74. The van der Waals surface area contributed by atoms with Crippen LogP contribution in [0.2, 0.25) is 0 Å². The number of imidazole rings is 1. The minimum Gasteiger partial charge on any atom is -0.505 e. The Hall–Kier alpha value is -3.03. The molecule has 0 aliphatic rings. The fourth-order valence-electron chi connectivity index (χ4n) is 2.36. The van der Waals surface area contributed by atoms with Crippen LogP contribution in [-0.2, 0) is 7.05 Å². The molecule has 1 heterocycles. The number of phenolic OH excluding ortho intramolecular Hbond substituents is 1. The van der Waals surface area contributed by atoms with E-state index in [9.17, 15) is 20.1 Å². The third-order valence-corrected chi connectivity index (χ3v) is 3.21. The zero-order chi connectivity index (χ0) is 14.4. The SMILES string of the molecule is Cn1cnc2c(N=O)c3c([N+](=O)[O-])cccc3c(O)c21. The smallest absolute Gasteiger partial charge is 0.279 e. The highest BCUT2D eigenvalue weighted by molar-refractivity contribution is 6.15. The van der Waals surface area contributed by atoms with Crippen LogP contribution < -0.4 is 0 Å². The zero-order valence-electron chi connectivity index (χ0n) is 10.3. The fourth-order valence-corrected chi connectivity index (χ4v) is 2.36. The Morgan fingerprint density at radius 2 is 2.20 bits per heavy atom. The molecule has 8 heteroatoms. The predicted molar refractivity (Wildman–Crippen MR) is 72.0 cm³/mol. The van der Waals surface area contributed by atoms with Crippen LogP contribution in [-0.4, -0.2) is 19.6 Å². The quantitative estimate of drug-likeness (QED) is 0.438. The van der Waals surface area contributed by atoms with Crippen molar-refractivity contribution in [3.63, 3.8) is 0 Å². The molecule has 8 nitrogen and oxygen atoms in total. The van der Waals surface area contributed by atoms with Crippen LogP contribution in [0.15, 0.2) is 29.7 Å². The molecular weight excluding hydrogens is 264 g/mol. The lowest BCUT2D eigenvalue weighted by atomic mass is 10.0. The van der Waals surface area contributed by atoms with Crippen molar-refractivity contribution >= 4 is 33.2 Å². The molecule has 0 saturated carbocycles. The van der Waals surface area contributed by atoms with E-state index in [1.54, 1.807) is 7.05 Å². The average molecular weight is 272 g/mol. The van der Waals surface area contributed by atoms with Crippen LogP contribution in [0.3, 0.4) is 0 Å². The maximum atomic E-state index is 11.1. The fraction of sp³-hybridized carbons (Fsp3) is 0.0833. The Morgan fingerprint density at radius 3 is 2.85 bits per heavy atom. The van der Waals surface area contributed by atoms with Gasteiger partial charge in [0.1, 0.15) is 16.8 Å². The third kappa shape index (κ3) is 1.38. The number of fused-ring (bicyclic) bond motifs is 2. The van der Waals surface area contributed by atoms with Gasteiger partial charge in [0.2, 0.25) is 0 Å². The first kappa shape index (κ1) is 12.0. The first-order valence-electron chi connectivity index (χ1n) is 5.62. The Labute approximate surface area is 111 Å². The van der Waals surface area contributed by atoms with Gasteiger partial charge in [-0.3, -0.25) is 10.1 Å². The summed E-state index contributed by atoms with van der Waals surface area (Å²) in [5.41, 5.74) is 0.0232. The molecule has 20 heavy (non-hydrogen) atoms. The molecular formula is C12H8N4O4. The molecule has 0 amide bonds. The Morgan fingerprint density at radius 1 is 1.45 bits per heavy atom. The van der Waals surface area contributed by atoms with E-state index >= 15 is 0 Å². The largest absolute Gasteiger partial charge is 0.505 e. The van der Waals surface area contributed by atoms with Gasteiger partial charge in [-0.2, -0.15) is 0 Å². The number of nitrogens with zero attached hydrogens (tertiary/aromatic N) is 4. The lowest BCUT2D eigenvalue weighted by Crippen LogP contribution is -1.92. The first-order chi connectivity index (χ1) is 9.56. The van der Waals surface area contributed by atoms with Crippen LogP contribution in [0, 0.1) is 15.0 Å². The number of nitroso groups, excluding NO2 is 1. The summed E-state index contributed by atoms with van der Waals surface area (Å²) in [7, 11) is 1.65. The molecule has 0 radical (unpaired) electrons. The zero-order valence-corrected chi connectivity index (χ0v) is 10.3. The van der Waals surface area contributed by atoms with E-state index in [0.717, 1.165) is 0 Å². The molecule has 1 N–H and O–H groups in total. The minimum absolute atomic E-state index is 0.00352. The first-order valence-corrected chi connectivity index (χ1v) is 5.62. The second-order valence-corrected chi connectivity index (χ2v) is 4.30. The van der Waals surface area contributed by atoms with Crippen molar-refractivity contribution in [3.05, 3.63) is 39.5 Å². The van der Waals surface area contributed by atoms with Gasteiger partial charge < -0.3 is 9.67 Å². The van der Waals surface area contributed by atoms with Crippen molar-refractivity contribution < 1.29 is 10.0 Å². The number of aryl methyl sites for hydroxylation is 1. The van der Waals surface area contributed by atoms with E-state index in [2.05, 4.69) is 10.2 Å². The van der Waals surface area contributed by atoms with Crippen LogP contribution >= 0.6 is 0 Å². The van der Waals surface area contributed by atoms with Gasteiger partial charge in [0.05, 0.1) is 16.6 Å². The van der Waals surface area contributed by atoms with Crippen molar-refractivity contribution in [3.8, 4) is 5.75 Å². The van der Waals surface area contributed by atoms with Crippen molar-refractivity contribution in [2.45, 2.75) is 0 Å². The van der Waals surface area contributed by atoms with Crippen LogP contribution in [0.5, 0.6) is 5.75 Å². The summed E-state index contributed by atoms with van der Waals surface area (Å²) in [4.78, 5) is 25.6. The van der Waals surface area contributed by atoms with E-state index < -0.39 is 4.92 Å². The lowest BCUT2D eigenvalue weighted by Gasteiger charge is -2.06. The summed E-state index contributed by atoms with van der Waals surface area (Å²) in [6.45, 7) is 0. The number of benzene rings is 2. The van der Waals surface area contributed by atoms with Gasteiger partial charge in [-0.05, 0) is 11.2 Å². The Bertz CT molecular complexity index is 884. The average Bonchev–Trinajstić information content (AvgIpc) is 2.81. The molecule has 0 fully saturated rings. The summed E-state index contributed by atoms with van der Waals surface area (Å²) in [5, 5.41) is 24.4. The number of hydrogen-bond donors (Lipinski definition) is 1. The molecule has 3 aromatic rings. The number of rotatable bonds is 2. The standard InChI is InChI=1S/C12H8N4O4/c1-15-5-13-10-9(14-18)8-6(12(17)11(10)15)3-2-4-7(8)16(19)20/h2-5,17H,1H3. The van der Waals surface area contributed by atoms with E-state index in [-0.39, 0.29) is 33.4 Å². The highest BCUT2D eigenvalue weighted by atomic mass is 16.6. The molecule has 1 aromatic heterocycles. The monoisotopic (exact) mass is 272 g/mol. The minimum atomic E-state index is -0.620. The van der Waals surface area contributed by atoms with Crippen LogP contribution in [0.25, 0.3) is 21.8 Å². The summed E-state index contributed by atoms with van der Waals surface area (Å²) >= 11 is 0. The number of hydrogen-bond acceptors (Lipinski definition) is 6. The molecule has 0 spiro atoms. The second-order valence-electron chi connectivity index (χ2n) is 4.30. The molecule has 0 atom stereocenters. The maximum absolute atomic E-state index is 11.1. The topological polar surface area (TPSA) is 111 Å². The van der Waals surface area contributed by atoms with Crippen molar-refractivity contribution in [2.24, 2.45) is 12.2 Å². The molecule has 0 bridgehead atoms. The van der Waals surface area contributed by atoms with Gasteiger partial charge in [-0.25, -0.2) is 4.98 Å². The van der Waals surface area contributed by atoms with Crippen LogP contribution in [0.4, 0.5) is 11.4 Å².